The van der Waals surface area contributed by atoms with Crippen molar-refractivity contribution in [2.24, 2.45) is 7.05 Å². The van der Waals surface area contributed by atoms with Gasteiger partial charge in [-0.05, 0) is 36.6 Å². The Morgan fingerprint density at radius 3 is 2.55 bits per heavy atom. The van der Waals surface area contributed by atoms with E-state index in [4.69, 9.17) is 11.6 Å². The van der Waals surface area contributed by atoms with Gasteiger partial charge in [0.05, 0.1) is 6.33 Å². The molecular formula is C14H14ClN5. The molecule has 5 nitrogen and oxygen atoms in total. The zero-order valence-electron chi connectivity index (χ0n) is 11.5. The number of aryl methyl sites for hydroxylation is 3. The summed E-state index contributed by atoms with van der Waals surface area (Å²) >= 11 is 5.97. The smallest absolute Gasteiger partial charge is 0.226 e. The number of hydrogen-bond donors (Lipinski definition) is 1. The Hall–Kier alpha value is -2.14. The van der Waals surface area contributed by atoms with Crippen molar-refractivity contribution in [1.29, 1.82) is 0 Å². The largest absolute Gasteiger partial charge is 0.338 e. The number of hydrogen-bond acceptors (Lipinski definition) is 4. The topological polar surface area (TPSA) is 55.6 Å². The van der Waals surface area contributed by atoms with Gasteiger partial charge in [0.15, 0.2) is 11.5 Å². The molecule has 102 valence electrons. The lowest BCUT2D eigenvalue weighted by molar-refractivity contribution is 0.945. The minimum Gasteiger partial charge on any atom is -0.338 e. The van der Waals surface area contributed by atoms with Crippen LogP contribution in [0.4, 0.5) is 11.5 Å². The first-order valence-electron chi connectivity index (χ1n) is 6.24. The maximum Gasteiger partial charge on any atom is 0.226 e. The lowest BCUT2D eigenvalue weighted by Gasteiger charge is -2.13. The molecule has 0 saturated carbocycles. The number of nitrogens with zero attached hydrogens (tertiary/aromatic N) is 4. The standard InChI is InChI=1S/C14H14ClN5/c1-8-5-4-6-9(2)10(8)17-13-11-12(16-7-20(11)3)18-14(15)19-13/h4-7H,1-3H3,(H,17,18,19). The monoisotopic (exact) mass is 287 g/mol. The van der Waals surface area contributed by atoms with Crippen LogP contribution in [0.15, 0.2) is 24.5 Å². The summed E-state index contributed by atoms with van der Waals surface area (Å²) in [4.78, 5) is 12.6. The first-order valence-corrected chi connectivity index (χ1v) is 6.62. The molecule has 0 atom stereocenters. The summed E-state index contributed by atoms with van der Waals surface area (Å²) < 4.78 is 1.88. The lowest BCUT2D eigenvalue weighted by Crippen LogP contribution is -2.02. The van der Waals surface area contributed by atoms with Crippen LogP contribution in [0.2, 0.25) is 5.28 Å². The van der Waals surface area contributed by atoms with Crippen molar-refractivity contribution in [3.8, 4) is 0 Å². The minimum absolute atomic E-state index is 0.185. The highest BCUT2D eigenvalue weighted by Crippen LogP contribution is 2.28. The van der Waals surface area contributed by atoms with E-state index in [2.05, 4.69) is 46.2 Å². The van der Waals surface area contributed by atoms with Gasteiger partial charge in [-0.15, -0.1) is 0 Å². The predicted octanol–water partition coefficient (Wildman–Crippen LogP) is 3.38. The van der Waals surface area contributed by atoms with Crippen molar-refractivity contribution < 1.29 is 0 Å². The Balaban J connectivity index is 2.18. The third kappa shape index (κ3) is 2.10. The second kappa shape index (κ2) is 4.76. The normalized spacial score (nSPS) is 11.0. The Bertz CT molecular complexity index is 773. The highest BCUT2D eigenvalue weighted by molar-refractivity contribution is 6.28. The molecule has 0 aliphatic heterocycles. The van der Waals surface area contributed by atoms with Gasteiger partial charge < -0.3 is 9.88 Å². The van der Waals surface area contributed by atoms with Crippen molar-refractivity contribution in [3.05, 3.63) is 40.9 Å². The summed E-state index contributed by atoms with van der Waals surface area (Å²) in [5.74, 6) is 0.664. The van der Waals surface area contributed by atoms with Crippen LogP contribution in [-0.4, -0.2) is 19.5 Å². The van der Waals surface area contributed by atoms with Crippen molar-refractivity contribution in [3.63, 3.8) is 0 Å². The fraction of sp³-hybridized carbons (Fsp3) is 0.214. The van der Waals surface area contributed by atoms with Crippen LogP contribution in [0.3, 0.4) is 0 Å². The zero-order chi connectivity index (χ0) is 14.3. The number of imidazole rings is 1. The van der Waals surface area contributed by atoms with E-state index in [1.807, 2.05) is 17.7 Å². The molecule has 0 unspecified atom stereocenters. The summed E-state index contributed by atoms with van der Waals surface area (Å²) in [7, 11) is 1.91. The number of fused-ring (bicyclic) bond motifs is 1. The molecule has 0 spiro atoms. The summed E-state index contributed by atoms with van der Waals surface area (Å²) in [6, 6.07) is 6.14. The summed E-state index contributed by atoms with van der Waals surface area (Å²) in [6.07, 6.45) is 1.70. The number of anilines is 2. The molecule has 0 radical (unpaired) electrons. The molecule has 2 heterocycles. The van der Waals surface area contributed by atoms with Crippen LogP contribution >= 0.6 is 11.6 Å². The fourth-order valence-corrected chi connectivity index (χ4v) is 2.41. The Morgan fingerprint density at radius 1 is 1.15 bits per heavy atom. The molecule has 2 aromatic heterocycles. The molecule has 1 aromatic carbocycles. The van der Waals surface area contributed by atoms with E-state index >= 15 is 0 Å². The molecule has 20 heavy (non-hydrogen) atoms. The van der Waals surface area contributed by atoms with Crippen molar-refractivity contribution >= 4 is 34.3 Å². The Labute approximate surface area is 121 Å². The van der Waals surface area contributed by atoms with E-state index < -0.39 is 0 Å². The summed E-state index contributed by atoms with van der Waals surface area (Å²) in [5, 5.41) is 3.54. The molecule has 3 rings (SSSR count). The van der Waals surface area contributed by atoms with E-state index in [0.717, 1.165) is 22.3 Å². The number of rotatable bonds is 2. The van der Waals surface area contributed by atoms with Gasteiger partial charge in [-0.25, -0.2) is 4.98 Å². The second-order valence-electron chi connectivity index (χ2n) is 4.76. The van der Waals surface area contributed by atoms with Gasteiger partial charge in [0.1, 0.15) is 5.52 Å². The van der Waals surface area contributed by atoms with E-state index in [-0.39, 0.29) is 5.28 Å². The molecule has 0 bridgehead atoms. The van der Waals surface area contributed by atoms with Gasteiger partial charge in [-0.2, -0.15) is 9.97 Å². The van der Waals surface area contributed by atoms with Gasteiger partial charge in [-0.1, -0.05) is 18.2 Å². The first-order chi connectivity index (χ1) is 9.56. The SMILES string of the molecule is Cc1cccc(C)c1Nc1nc(Cl)nc2ncn(C)c12. The molecule has 6 heteroatoms. The quantitative estimate of drug-likeness (QED) is 0.734. The second-order valence-corrected chi connectivity index (χ2v) is 5.10. The third-order valence-electron chi connectivity index (χ3n) is 3.27. The fourth-order valence-electron chi connectivity index (χ4n) is 2.25. The van der Waals surface area contributed by atoms with E-state index in [1.165, 1.54) is 0 Å². The maximum absolute atomic E-state index is 5.97. The highest BCUT2D eigenvalue weighted by atomic mass is 35.5. The van der Waals surface area contributed by atoms with Crippen molar-refractivity contribution in [1.82, 2.24) is 19.5 Å². The van der Waals surface area contributed by atoms with Crippen molar-refractivity contribution in [2.75, 3.05) is 5.32 Å². The molecule has 0 fully saturated rings. The van der Waals surface area contributed by atoms with Gasteiger partial charge in [0.2, 0.25) is 5.28 Å². The Morgan fingerprint density at radius 2 is 1.85 bits per heavy atom. The average molecular weight is 288 g/mol. The number of aromatic nitrogens is 4. The lowest BCUT2D eigenvalue weighted by atomic mass is 10.1. The zero-order valence-corrected chi connectivity index (χ0v) is 12.2. The Kier molecular flexibility index (Phi) is 3.06. The van der Waals surface area contributed by atoms with E-state index in [1.54, 1.807) is 6.33 Å². The molecule has 0 amide bonds. The van der Waals surface area contributed by atoms with Gasteiger partial charge in [-0.3, -0.25) is 0 Å². The van der Waals surface area contributed by atoms with Crippen LogP contribution < -0.4 is 5.32 Å². The van der Waals surface area contributed by atoms with Crippen molar-refractivity contribution in [2.45, 2.75) is 13.8 Å². The molecule has 1 N–H and O–H groups in total. The van der Waals surface area contributed by atoms with E-state index in [0.29, 0.717) is 11.5 Å². The highest BCUT2D eigenvalue weighted by Gasteiger charge is 2.13. The summed E-state index contributed by atoms with van der Waals surface area (Å²) in [6.45, 7) is 4.11. The predicted molar refractivity (Wildman–Crippen MR) is 80.5 cm³/mol. The third-order valence-corrected chi connectivity index (χ3v) is 3.44. The molecule has 3 aromatic rings. The number of nitrogens with one attached hydrogen (secondary N) is 1. The maximum atomic E-state index is 5.97. The minimum atomic E-state index is 0.185. The summed E-state index contributed by atoms with van der Waals surface area (Å²) in [5.41, 5.74) is 4.74. The average Bonchev–Trinajstić information content (AvgIpc) is 2.75. The molecular weight excluding hydrogens is 274 g/mol. The van der Waals surface area contributed by atoms with Crippen LogP contribution in [0.25, 0.3) is 11.2 Å². The molecule has 0 aliphatic rings. The van der Waals surface area contributed by atoms with E-state index in [9.17, 15) is 0 Å². The van der Waals surface area contributed by atoms with Gasteiger partial charge in [0.25, 0.3) is 0 Å². The van der Waals surface area contributed by atoms with Crippen LogP contribution in [0.5, 0.6) is 0 Å². The molecule has 0 saturated heterocycles. The van der Waals surface area contributed by atoms with Crippen LogP contribution in [-0.2, 0) is 7.05 Å². The number of benzene rings is 1. The first kappa shape index (κ1) is 12.9. The van der Waals surface area contributed by atoms with Gasteiger partial charge in [0, 0.05) is 12.7 Å². The van der Waals surface area contributed by atoms with Crippen LogP contribution in [0, 0.1) is 13.8 Å². The molecule has 0 aliphatic carbocycles. The van der Waals surface area contributed by atoms with Crippen LogP contribution in [0.1, 0.15) is 11.1 Å². The number of para-hydroxylation sites is 1. The number of halogens is 1. The van der Waals surface area contributed by atoms with Gasteiger partial charge >= 0.3 is 0 Å².